The second-order valence-corrected chi connectivity index (χ2v) is 8.13. The Balaban J connectivity index is 2.99. The van der Waals surface area contributed by atoms with Gasteiger partial charge in [-0.25, -0.2) is 16.8 Å². The van der Waals surface area contributed by atoms with E-state index < -0.39 is 42.7 Å². The fourth-order valence-corrected chi connectivity index (χ4v) is 5.83. The molecule has 0 aromatic carbocycles. The molecule has 0 aromatic heterocycles. The molecule has 1 fully saturated rings. The second kappa shape index (κ2) is 3.61. The van der Waals surface area contributed by atoms with Gasteiger partial charge in [0, 0.05) is 22.9 Å². The van der Waals surface area contributed by atoms with Gasteiger partial charge in [0.05, 0.1) is 17.6 Å². The number of halogens is 1. The van der Waals surface area contributed by atoms with Crippen LogP contribution in [-0.2, 0) is 19.9 Å². The summed E-state index contributed by atoms with van der Waals surface area (Å²) in [6, 6.07) is 0. The minimum atomic E-state index is -3.71. The molecular formula is C4H8INO5S2. The normalized spacial score (nSPS) is 33.4. The van der Waals surface area contributed by atoms with Gasteiger partial charge >= 0.3 is 0 Å². The lowest BCUT2D eigenvalue weighted by molar-refractivity contribution is 0.204. The number of rotatable bonds is 2. The van der Waals surface area contributed by atoms with Crippen molar-refractivity contribution in [1.82, 2.24) is 2.94 Å². The summed E-state index contributed by atoms with van der Waals surface area (Å²) in [6.45, 7) is 0. The number of hydrogen-bond donors (Lipinski definition) is 2. The molecule has 0 aromatic rings. The highest BCUT2D eigenvalue weighted by Gasteiger charge is 2.44. The lowest BCUT2D eigenvalue weighted by Crippen LogP contribution is -2.37. The van der Waals surface area contributed by atoms with Gasteiger partial charge < -0.3 is 5.11 Å². The molecule has 1 rings (SSSR count). The molecule has 1 aliphatic rings. The Morgan fingerprint density at radius 2 is 1.92 bits per heavy atom. The fraction of sp³-hybridized carbons (Fsp3) is 1.00. The van der Waals surface area contributed by atoms with Crippen molar-refractivity contribution in [3.05, 3.63) is 0 Å². The van der Waals surface area contributed by atoms with E-state index in [0.29, 0.717) is 0 Å². The molecule has 0 radical (unpaired) electrons. The van der Waals surface area contributed by atoms with Crippen molar-refractivity contribution in [3.63, 3.8) is 0 Å². The van der Waals surface area contributed by atoms with Crippen LogP contribution in [0.2, 0.25) is 0 Å². The predicted octanol–water partition coefficient (Wildman–Crippen LogP) is -1.59. The molecule has 0 spiro atoms. The van der Waals surface area contributed by atoms with Crippen LogP contribution in [0, 0.1) is 0 Å². The Morgan fingerprint density at radius 1 is 1.38 bits per heavy atom. The third kappa shape index (κ3) is 2.52. The lowest BCUT2D eigenvalue weighted by Gasteiger charge is -2.10. The summed E-state index contributed by atoms with van der Waals surface area (Å²) in [5.74, 6) is -0.984. The Hall–Kier alpha value is 0.550. The van der Waals surface area contributed by atoms with Crippen LogP contribution in [-0.4, -0.2) is 44.8 Å². The van der Waals surface area contributed by atoms with E-state index in [2.05, 4.69) is 0 Å². The Morgan fingerprint density at radius 3 is 2.23 bits per heavy atom. The second-order valence-electron chi connectivity index (χ2n) is 2.80. The molecule has 13 heavy (non-hydrogen) atoms. The third-order valence-corrected chi connectivity index (χ3v) is 7.04. The summed E-state index contributed by atoms with van der Waals surface area (Å²) >= 11 is 1.40. The highest BCUT2D eigenvalue weighted by atomic mass is 127. The molecule has 1 heterocycles. The van der Waals surface area contributed by atoms with Crippen molar-refractivity contribution in [2.45, 2.75) is 11.4 Å². The van der Waals surface area contributed by atoms with Crippen LogP contribution >= 0.6 is 22.9 Å². The van der Waals surface area contributed by atoms with Gasteiger partial charge in [-0.3, -0.25) is 0 Å². The molecule has 9 heteroatoms. The summed E-state index contributed by atoms with van der Waals surface area (Å²) in [7, 11) is -7.12. The van der Waals surface area contributed by atoms with Gasteiger partial charge in [-0.05, 0) is 0 Å². The van der Waals surface area contributed by atoms with Gasteiger partial charge in [0.25, 0.3) is 0 Å². The van der Waals surface area contributed by atoms with E-state index in [1.807, 2.05) is 2.94 Å². The molecule has 1 saturated heterocycles. The summed E-state index contributed by atoms with van der Waals surface area (Å²) in [5.41, 5.74) is 0. The number of aliphatic hydroxyl groups is 1. The Kier molecular flexibility index (Phi) is 3.22. The zero-order chi connectivity index (χ0) is 10.3. The maximum atomic E-state index is 11.2. The standard InChI is InChI=1S/C4H8INO5S2/c5-6-13(10,11)4-2-12(8,9)1-3(4)7/h3-4,6-7H,1-2H2. The average Bonchev–Trinajstić information content (AvgIpc) is 2.25. The third-order valence-electron chi connectivity index (χ3n) is 1.78. The van der Waals surface area contributed by atoms with Gasteiger partial charge in [-0.15, -0.1) is 0 Å². The smallest absolute Gasteiger partial charge is 0.226 e. The lowest BCUT2D eigenvalue weighted by atomic mass is 10.3. The first-order valence-electron chi connectivity index (χ1n) is 3.28. The first-order chi connectivity index (χ1) is 5.78. The summed E-state index contributed by atoms with van der Waals surface area (Å²) in [5, 5.41) is 7.95. The van der Waals surface area contributed by atoms with Crippen molar-refractivity contribution < 1.29 is 21.9 Å². The van der Waals surface area contributed by atoms with Gasteiger partial charge in [0.15, 0.2) is 9.84 Å². The SMILES string of the molecule is O=S1(=O)CC(O)C(S(=O)(=O)NI)C1. The van der Waals surface area contributed by atoms with E-state index in [-0.39, 0.29) is 0 Å². The number of sulfonamides is 1. The van der Waals surface area contributed by atoms with Crippen LogP contribution < -0.4 is 2.94 Å². The maximum absolute atomic E-state index is 11.2. The predicted molar refractivity (Wildman–Crippen MR) is 54.5 cm³/mol. The van der Waals surface area contributed by atoms with Crippen molar-refractivity contribution in [3.8, 4) is 0 Å². The molecule has 78 valence electrons. The quantitative estimate of drug-likeness (QED) is 0.466. The van der Waals surface area contributed by atoms with Crippen LogP contribution in [0.4, 0.5) is 0 Å². The minimum Gasteiger partial charge on any atom is -0.391 e. The zero-order valence-corrected chi connectivity index (χ0v) is 10.1. The van der Waals surface area contributed by atoms with Gasteiger partial charge in [0.2, 0.25) is 10.0 Å². The van der Waals surface area contributed by atoms with Crippen molar-refractivity contribution in [2.24, 2.45) is 0 Å². The highest BCUT2D eigenvalue weighted by Crippen LogP contribution is 2.19. The van der Waals surface area contributed by atoms with Crippen LogP contribution in [0.5, 0.6) is 0 Å². The van der Waals surface area contributed by atoms with Crippen molar-refractivity contribution in [1.29, 1.82) is 0 Å². The Labute approximate surface area is 90.2 Å². The number of sulfone groups is 1. The van der Waals surface area contributed by atoms with E-state index >= 15 is 0 Å². The molecule has 2 atom stereocenters. The van der Waals surface area contributed by atoms with Crippen LogP contribution in [0.15, 0.2) is 0 Å². The summed E-state index contributed by atoms with van der Waals surface area (Å²) in [4.78, 5) is 0. The molecular weight excluding hydrogens is 333 g/mol. The zero-order valence-electron chi connectivity index (χ0n) is 6.34. The first kappa shape index (κ1) is 11.6. The van der Waals surface area contributed by atoms with Crippen molar-refractivity contribution >= 4 is 42.7 Å². The first-order valence-corrected chi connectivity index (χ1v) is 7.73. The molecule has 2 unspecified atom stereocenters. The highest BCUT2D eigenvalue weighted by molar-refractivity contribution is 14.1. The monoisotopic (exact) mass is 341 g/mol. The molecule has 2 N–H and O–H groups in total. The van der Waals surface area contributed by atoms with Gasteiger partial charge in [-0.2, -0.15) is 2.94 Å². The molecule has 0 bridgehead atoms. The van der Waals surface area contributed by atoms with E-state index in [1.165, 1.54) is 22.9 Å². The van der Waals surface area contributed by atoms with Crippen LogP contribution in [0.1, 0.15) is 0 Å². The van der Waals surface area contributed by atoms with E-state index in [1.54, 1.807) is 0 Å². The molecule has 1 aliphatic heterocycles. The van der Waals surface area contributed by atoms with Crippen molar-refractivity contribution in [2.75, 3.05) is 11.5 Å². The van der Waals surface area contributed by atoms with E-state index in [0.717, 1.165) is 0 Å². The largest absolute Gasteiger partial charge is 0.391 e. The Bertz CT molecular complexity index is 387. The van der Waals surface area contributed by atoms with Gasteiger partial charge in [-0.1, -0.05) is 0 Å². The summed E-state index contributed by atoms with van der Waals surface area (Å²) in [6.07, 6.45) is -1.32. The summed E-state index contributed by atoms with van der Waals surface area (Å²) < 4.78 is 46.2. The van der Waals surface area contributed by atoms with Crippen LogP contribution in [0.3, 0.4) is 0 Å². The minimum absolute atomic E-state index is 0.477. The van der Waals surface area contributed by atoms with Gasteiger partial charge in [0.1, 0.15) is 5.25 Å². The molecule has 0 aliphatic carbocycles. The maximum Gasteiger partial charge on any atom is 0.226 e. The molecule has 0 saturated carbocycles. The average molecular weight is 341 g/mol. The van der Waals surface area contributed by atoms with Crippen LogP contribution in [0.25, 0.3) is 0 Å². The van der Waals surface area contributed by atoms with E-state index in [9.17, 15) is 21.9 Å². The topological polar surface area (TPSA) is 101 Å². The molecule has 6 nitrogen and oxygen atoms in total. The fourth-order valence-electron chi connectivity index (χ4n) is 1.15. The molecule has 0 amide bonds. The van der Waals surface area contributed by atoms with E-state index in [4.69, 9.17) is 0 Å². The number of hydrogen-bond acceptors (Lipinski definition) is 5. The number of nitrogens with one attached hydrogen (secondary N) is 1. The number of aliphatic hydroxyl groups excluding tert-OH is 1.